The maximum Gasteiger partial charge on any atom is 0.494 e. The molecule has 1 aromatic carbocycles. The smallest absolute Gasteiger partial charge is 0.399 e. The minimum Gasteiger partial charge on any atom is -0.399 e. The van der Waals surface area contributed by atoms with Gasteiger partial charge in [0.05, 0.1) is 16.8 Å². The molecule has 1 aromatic rings. The van der Waals surface area contributed by atoms with Crippen molar-refractivity contribution in [3.8, 4) is 0 Å². The van der Waals surface area contributed by atoms with Crippen LogP contribution in [0.4, 0.5) is 5.69 Å². The molecule has 0 radical (unpaired) electrons. The molecule has 2 aliphatic heterocycles. The summed E-state index contributed by atoms with van der Waals surface area (Å²) in [7, 11) is -0.306. The van der Waals surface area contributed by atoms with Gasteiger partial charge in [0, 0.05) is 18.8 Å². The van der Waals surface area contributed by atoms with E-state index in [2.05, 4.69) is 56.9 Å². The van der Waals surface area contributed by atoms with Gasteiger partial charge in [-0.15, -0.1) is 0 Å². The third kappa shape index (κ3) is 3.74. The second kappa shape index (κ2) is 6.29. The minimum atomic E-state index is -0.577. The number of nitrogens with zero attached hydrogens (tertiary/aromatic N) is 1. The van der Waals surface area contributed by atoms with Crippen LogP contribution in [0.3, 0.4) is 0 Å². The zero-order valence-electron chi connectivity index (χ0n) is 16.5. The van der Waals surface area contributed by atoms with Crippen molar-refractivity contribution < 1.29 is 14.4 Å². The van der Waals surface area contributed by atoms with Gasteiger partial charge in [-0.25, -0.2) is 0 Å². The van der Waals surface area contributed by atoms with E-state index in [0.717, 1.165) is 31.4 Å². The highest BCUT2D eigenvalue weighted by Crippen LogP contribution is 2.36. The molecule has 0 unspecified atom stereocenters. The van der Waals surface area contributed by atoms with Gasteiger partial charge in [0.25, 0.3) is 0 Å². The van der Waals surface area contributed by atoms with Crippen LogP contribution >= 0.6 is 0 Å². The lowest BCUT2D eigenvalue weighted by Gasteiger charge is -2.38. The van der Waals surface area contributed by atoms with Gasteiger partial charge in [0.1, 0.15) is 0 Å². The van der Waals surface area contributed by atoms with Crippen molar-refractivity contribution >= 4 is 18.3 Å². The molecule has 2 aliphatic rings. The van der Waals surface area contributed by atoms with Crippen LogP contribution in [0.5, 0.6) is 0 Å². The Bertz CT molecular complexity index is 582. The third-order valence-electron chi connectivity index (χ3n) is 6.28. The number of hydrogen-bond donors (Lipinski definition) is 1. The second-order valence-electron chi connectivity index (χ2n) is 9.09. The Balaban J connectivity index is 1.64. The normalized spacial score (nSPS) is 24.0. The van der Waals surface area contributed by atoms with Crippen molar-refractivity contribution in [3.05, 3.63) is 24.3 Å². The van der Waals surface area contributed by atoms with Crippen LogP contribution in [0, 0.1) is 5.92 Å². The summed E-state index contributed by atoms with van der Waals surface area (Å²) in [4.78, 5) is 2.40. The van der Waals surface area contributed by atoms with Gasteiger partial charge in [0.15, 0.2) is 0 Å². The third-order valence-corrected chi connectivity index (χ3v) is 6.28. The highest BCUT2D eigenvalue weighted by atomic mass is 16.7. The average molecular weight is 345 g/mol. The number of aliphatic hydroxyl groups is 1. The highest BCUT2D eigenvalue weighted by Gasteiger charge is 2.51. The molecular weight excluding hydrogens is 313 g/mol. The van der Waals surface area contributed by atoms with Gasteiger partial charge in [-0.2, -0.15) is 0 Å². The summed E-state index contributed by atoms with van der Waals surface area (Å²) in [5.74, 6) is 0.382. The Morgan fingerprint density at radius 1 is 1.00 bits per heavy atom. The van der Waals surface area contributed by atoms with Crippen molar-refractivity contribution in [3.63, 3.8) is 0 Å². The first-order chi connectivity index (χ1) is 11.5. The summed E-state index contributed by atoms with van der Waals surface area (Å²) in [6.07, 6.45) is 2.06. The van der Waals surface area contributed by atoms with E-state index in [1.54, 1.807) is 0 Å². The van der Waals surface area contributed by atoms with Gasteiger partial charge in [0.2, 0.25) is 0 Å². The Hall–Kier alpha value is -1.04. The van der Waals surface area contributed by atoms with Crippen LogP contribution < -0.4 is 10.4 Å². The fourth-order valence-electron chi connectivity index (χ4n) is 3.67. The van der Waals surface area contributed by atoms with E-state index in [4.69, 9.17) is 9.31 Å². The maximum absolute atomic E-state index is 10.2. The molecule has 2 fully saturated rings. The highest BCUT2D eigenvalue weighted by molar-refractivity contribution is 6.62. The molecule has 0 aliphatic carbocycles. The Kier molecular flexibility index (Phi) is 4.72. The zero-order chi connectivity index (χ0) is 18.5. The van der Waals surface area contributed by atoms with Crippen LogP contribution in [-0.4, -0.2) is 42.1 Å². The summed E-state index contributed by atoms with van der Waals surface area (Å²) in [5, 5.41) is 10.2. The lowest BCUT2D eigenvalue weighted by Crippen LogP contribution is -2.42. The fourth-order valence-corrected chi connectivity index (χ4v) is 3.67. The molecule has 0 atom stereocenters. The van der Waals surface area contributed by atoms with Gasteiger partial charge in [-0.1, -0.05) is 12.1 Å². The molecule has 5 heteroatoms. The summed E-state index contributed by atoms with van der Waals surface area (Å²) in [6, 6.07) is 8.54. The Morgan fingerprint density at radius 2 is 1.48 bits per heavy atom. The molecule has 0 amide bonds. The van der Waals surface area contributed by atoms with Crippen molar-refractivity contribution in [2.24, 2.45) is 5.92 Å². The molecule has 0 saturated carbocycles. The van der Waals surface area contributed by atoms with E-state index in [1.165, 1.54) is 5.69 Å². The summed E-state index contributed by atoms with van der Waals surface area (Å²) >= 11 is 0. The van der Waals surface area contributed by atoms with Crippen molar-refractivity contribution in [2.75, 3.05) is 18.0 Å². The standard InChI is InChI=1S/C20H32BNO3/c1-18(2,23)15-11-13-22(14-12-15)17-9-7-16(8-10-17)21-24-19(3,4)20(5,6)25-21/h7-10,15,23H,11-14H2,1-6H3. The number of hydrogen-bond acceptors (Lipinski definition) is 4. The predicted molar refractivity (Wildman–Crippen MR) is 103 cm³/mol. The molecule has 0 bridgehead atoms. The molecule has 4 nitrogen and oxygen atoms in total. The van der Waals surface area contributed by atoms with Gasteiger partial charge < -0.3 is 19.3 Å². The lowest BCUT2D eigenvalue weighted by molar-refractivity contribution is 0.00578. The monoisotopic (exact) mass is 345 g/mol. The zero-order valence-corrected chi connectivity index (χ0v) is 16.5. The summed E-state index contributed by atoms with van der Waals surface area (Å²) < 4.78 is 12.2. The van der Waals surface area contributed by atoms with Crippen molar-refractivity contribution in [1.82, 2.24) is 0 Å². The Labute approximate surface area is 152 Å². The fraction of sp³-hybridized carbons (Fsp3) is 0.700. The first-order valence-electron chi connectivity index (χ1n) is 9.42. The summed E-state index contributed by atoms with van der Waals surface area (Å²) in [6.45, 7) is 14.1. The van der Waals surface area contributed by atoms with Crippen LogP contribution in [0.25, 0.3) is 0 Å². The number of piperidine rings is 1. The minimum absolute atomic E-state index is 0.306. The topological polar surface area (TPSA) is 41.9 Å². The van der Waals surface area contributed by atoms with E-state index in [0.29, 0.717) is 5.92 Å². The van der Waals surface area contributed by atoms with Crippen LogP contribution in [-0.2, 0) is 9.31 Å². The largest absolute Gasteiger partial charge is 0.494 e. The predicted octanol–water partition coefficient (Wildman–Crippen LogP) is 2.97. The van der Waals surface area contributed by atoms with Crippen LogP contribution in [0.2, 0.25) is 0 Å². The molecule has 0 aromatic heterocycles. The lowest BCUT2D eigenvalue weighted by atomic mass is 9.79. The van der Waals surface area contributed by atoms with Crippen LogP contribution in [0.15, 0.2) is 24.3 Å². The average Bonchev–Trinajstić information content (AvgIpc) is 2.75. The summed E-state index contributed by atoms with van der Waals surface area (Å²) in [5.41, 5.74) is 1.10. The number of anilines is 1. The molecule has 25 heavy (non-hydrogen) atoms. The van der Waals surface area contributed by atoms with Crippen molar-refractivity contribution in [2.45, 2.75) is 71.2 Å². The SMILES string of the molecule is CC(C)(O)C1CCN(c2ccc(B3OC(C)(C)C(C)(C)O3)cc2)CC1. The van der Waals surface area contributed by atoms with E-state index in [-0.39, 0.29) is 18.3 Å². The molecular formula is C20H32BNO3. The number of rotatable bonds is 3. The van der Waals surface area contributed by atoms with Gasteiger partial charge in [-0.05, 0) is 77.9 Å². The second-order valence-corrected chi connectivity index (χ2v) is 9.09. The molecule has 2 heterocycles. The Morgan fingerprint density at radius 3 is 1.92 bits per heavy atom. The van der Waals surface area contributed by atoms with E-state index in [1.807, 2.05) is 13.8 Å². The number of benzene rings is 1. The van der Waals surface area contributed by atoms with Gasteiger partial charge in [-0.3, -0.25) is 0 Å². The first kappa shape index (κ1) is 18.7. The van der Waals surface area contributed by atoms with Crippen molar-refractivity contribution in [1.29, 1.82) is 0 Å². The van der Waals surface area contributed by atoms with Gasteiger partial charge >= 0.3 is 7.12 Å². The first-order valence-corrected chi connectivity index (χ1v) is 9.42. The molecule has 3 rings (SSSR count). The molecule has 0 spiro atoms. The molecule has 1 N–H and O–H groups in total. The maximum atomic E-state index is 10.2. The van der Waals surface area contributed by atoms with E-state index < -0.39 is 5.60 Å². The molecule has 2 saturated heterocycles. The molecule has 138 valence electrons. The van der Waals surface area contributed by atoms with E-state index in [9.17, 15) is 5.11 Å². The van der Waals surface area contributed by atoms with E-state index >= 15 is 0 Å². The van der Waals surface area contributed by atoms with Crippen LogP contribution in [0.1, 0.15) is 54.4 Å². The quantitative estimate of drug-likeness (QED) is 0.856.